The first-order valence-electron chi connectivity index (χ1n) is 4.14. The van der Waals surface area contributed by atoms with Gasteiger partial charge in [0, 0.05) is 5.56 Å². The van der Waals surface area contributed by atoms with Crippen LogP contribution in [-0.2, 0) is 0 Å². The molecular formula is C9H9F2NO2. The van der Waals surface area contributed by atoms with Crippen LogP contribution in [0, 0.1) is 0 Å². The number of nitrogens with two attached hydrogens (primary N) is 1. The van der Waals surface area contributed by atoms with Crippen molar-refractivity contribution in [3.63, 3.8) is 0 Å². The summed E-state index contributed by atoms with van der Waals surface area (Å²) in [6.45, 7) is -2.54. The van der Waals surface area contributed by atoms with Crippen LogP contribution in [0.5, 0.6) is 11.5 Å². The van der Waals surface area contributed by atoms with E-state index in [4.69, 9.17) is 10.5 Å². The lowest BCUT2D eigenvalue weighted by atomic mass is 10.1. The van der Waals surface area contributed by atoms with E-state index in [0.29, 0.717) is 17.9 Å². The van der Waals surface area contributed by atoms with E-state index in [-0.39, 0.29) is 11.8 Å². The molecule has 0 saturated heterocycles. The maximum absolute atomic E-state index is 12.0. The minimum Gasteiger partial charge on any atom is -0.487 e. The zero-order valence-electron chi connectivity index (χ0n) is 7.24. The highest BCUT2D eigenvalue weighted by Gasteiger charge is 2.24. The summed E-state index contributed by atoms with van der Waals surface area (Å²) in [6, 6.07) is 4.53. The molecule has 1 unspecified atom stereocenters. The van der Waals surface area contributed by atoms with Gasteiger partial charge in [0.1, 0.15) is 6.61 Å². The molecule has 0 saturated carbocycles. The molecule has 0 amide bonds. The topological polar surface area (TPSA) is 44.5 Å². The predicted molar refractivity (Wildman–Crippen MR) is 45.5 cm³/mol. The first kappa shape index (κ1) is 9.21. The van der Waals surface area contributed by atoms with Crippen molar-refractivity contribution in [3.05, 3.63) is 23.8 Å². The summed E-state index contributed by atoms with van der Waals surface area (Å²) in [5.74, 6) is 0.380. The van der Waals surface area contributed by atoms with Crippen molar-refractivity contribution in [1.82, 2.24) is 0 Å². The molecule has 2 N–H and O–H groups in total. The van der Waals surface area contributed by atoms with Gasteiger partial charge in [0.2, 0.25) is 0 Å². The van der Waals surface area contributed by atoms with Gasteiger partial charge >= 0.3 is 6.61 Å². The Morgan fingerprint density at radius 3 is 3.00 bits per heavy atom. The number of para-hydroxylation sites is 1. The second-order valence-electron chi connectivity index (χ2n) is 2.97. The Bertz CT molecular complexity index is 344. The van der Waals surface area contributed by atoms with Crippen LogP contribution >= 0.6 is 0 Å². The smallest absolute Gasteiger partial charge is 0.387 e. The average Bonchev–Trinajstić information content (AvgIpc) is 2.49. The van der Waals surface area contributed by atoms with Gasteiger partial charge in [0.05, 0.1) is 6.04 Å². The SMILES string of the molecule is NC1COc2c(OC(F)F)cccc21. The molecule has 0 fully saturated rings. The molecule has 0 aliphatic carbocycles. The Balaban J connectivity index is 2.34. The molecule has 14 heavy (non-hydrogen) atoms. The normalized spacial score (nSPS) is 19.3. The molecule has 2 rings (SSSR count). The summed E-state index contributed by atoms with van der Waals surface area (Å²) in [5, 5.41) is 0. The van der Waals surface area contributed by atoms with Crippen LogP contribution in [0.1, 0.15) is 11.6 Å². The van der Waals surface area contributed by atoms with Crippen LogP contribution in [-0.4, -0.2) is 13.2 Å². The van der Waals surface area contributed by atoms with Gasteiger partial charge in [-0.15, -0.1) is 0 Å². The van der Waals surface area contributed by atoms with Gasteiger partial charge in [-0.1, -0.05) is 12.1 Å². The van der Waals surface area contributed by atoms with E-state index in [0.717, 1.165) is 0 Å². The molecule has 1 atom stereocenters. The number of hydrogen-bond donors (Lipinski definition) is 1. The van der Waals surface area contributed by atoms with Crippen molar-refractivity contribution in [2.75, 3.05) is 6.61 Å². The van der Waals surface area contributed by atoms with E-state index in [2.05, 4.69) is 4.74 Å². The van der Waals surface area contributed by atoms with Crippen LogP contribution in [0.15, 0.2) is 18.2 Å². The van der Waals surface area contributed by atoms with Crippen LogP contribution < -0.4 is 15.2 Å². The largest absolute Gasteiger partial charge is 0.487 e. The summed E-state index contributed by atoms with van der Waals surface area (Å²) in [7, 11) is 0. The second-order valence-corrected chi connectivity index (χ2v) is 2.97. The van der Waals surface area contributed by atoms with Gasteiger partial charge in [-0.05, 0) is 6.07 Å². The fourth-order valence-electron chi connectivity index (χ4n) is 1.43. The number of benzene rings is 1. The number of rotatable bonds is 2. The molecule has 1 aromatic rings. The lowest BCUT2D eigenvalue weighted by Crippen LogP contribution is -2.10. The highest BCUT2D eigenvalue weighted by molar-refractivity contribution is 5.50. The molecular weight excluding hydrogens is 192 g/mol. The Hall–Kier alpha value is -1.36. The van der Waals surface area contributed by atoms with Crippen molar-refractivity contribution in [1.29, 1.82) is 0 Å². The lowest BCUT2D eigenvalue weighted by Gasteiger charge is -2.08. The Kier molecular flexibility index (Phi) is 2.25. The van der Waals surface area contributed by atoms with E-state index in [1.807, 2.05) is 0 Å². The molecule has 0 aromatic heterocycles. The van der Waals surface area contributed by atoms with E-state index in [1.54, 1.807) is 12.1 Å². The Labute approximate surface area is 79.4 Å². The molecule has 3 nitrogen and oxygen atoms in total. The number of hydrogen-bond acceptors (Lipinski definition) is 3. The maximum atomic E-state index is 12.0. The van der Waals surface area contributed by atoms with Crippen molar-refractivity contribution < 1.29 is 18.3 Å². The third kappa shape index (κ3) is 1.50. The quantitative estimate of drug-likeness (QED) is 0.791. The van der Waals surface area contributed by atoms with Crippen molar-refractivity contribution >= 4 is 0 Å². The summed E-state index contributed by atoms with van der Waals surface area (Å²) in [5.41, 5.74) is 6.39. The Morgan fingerprint density at radius 1 is 1.50 bits per heavy atom. The van der Waals surface area contributed by atoms with E-state index < -0.39 is 6.61 Å². The zero-order chi connectivity index (χ0) is 10.1. The summed E-state index contributed by atoms with van der Waals surface area (Å²) >= 11 is 0. The van der Waals surface area contributed by atoms with Crippen molar-refractivity contribution in [2.45, 2.75) is 12.7 Å². The van der Waals surface area contributed by atoms with Gasteiger partial charge in [-0.25, -0.2) is 0 Å². The first-order chi connectivity index (χ1) is 6.68. The fourth-order valence-corrected chi connectivity index (χ4v) is 1.43. The minimum absolute atomic E-state index is 0.0467. The summed E-state index contributed by atoms with van der Waals surface area (Å²) in [6.07, 6.45) is 0. The predicted octanol–water partition coefficient (Wildman–Crippen LogP) is 1.68. The summed E-state index contributed by atoms with van der Waals surface area (Å²) < 4.78 is 33.4. The number of alkyl halides is 2. The van der Waals surface area contributed by atoms with Gasteiger partial charge in [0.25, 0.3) is 0 Å². The molecule has 0 radical (unpaired) electrons. The molecule has 76 valence electrons. The molecule has 1 heterocycles. The third-order valence-corrected chi connectivity index (χ3v) is 2.03. The van der Waals surface area contributed by atoms with Crippen LogP contribution in [0.25, 0.3) is 0 Å². The van der Waals surface area contributed by atoms with Gasteiger partial charge < -0.3 is 15.2 Å². The van der Waals surface area contributed by atoms with Crippen molar-refractivity contribution in [2.24, 2.45) is 5.73 Å². The van der Waals surface area contributed by atoms with Crippen molar-refractivity contribution in [3.8, 4) is 11.5 Å². The molecule has 1 aromatic carbocycles. The maximum Gasteiger partial charge on any atom is 0.387 e. The van der Waals surface area contributed by atoms with Gasteiger partial charge in [-0.2, -0.15) is 8.78 Å². The first-order valence-corrected chi connectivity index (χ1v) is 4.14. The zero-order valence-corrected chi connectivity index (χ0v) is 7.24. The second kappa shape index (κ2) is 3.42. The monoisotopic (exact) mass is 201 g/mol. The number of ether oxygens (including phenoxy) is 2. The standard InChI is InChI=1S/C9H9F2NO2/c10-9(11)14-7-3-1-2-5-6(12)4-13-8(5)7/h1-3,6,9H,4,12H2. The van der Waals surface area contributed by atoms with Crippen LogP contribution in [0.3, 0.4) is 0 Å². The molecule has 0 spiro atoms. The van der Waals surface area contributed by atoms with Crippen LogP contribution in [0.4, 0.5) is 8.78 Å². The fraction of sp³-hybridized carbons (Fsp3) is 0.333. The third-order valence-electron chi connectivity index (χ3n) is 2.03. The Morgan fingerprint density at radius 2 is 2.29 bits per heavy atom. The molecule has 5 heteroatoms. The highest BCUT2D eigenvalue weighted by Crippen LogP contribution is 2.39. The molecule has 0 bridgehead atoms. The van der Waals surface area contributed by atoms with Gasteiger partial charge in [-0.3, -0.25) is 0 Å². The number of halogens is 2. The molecule has 1 aliphatic rings. The minimum atomic E-state index is -2.85. The van der Waals surface area contributed by atoms with E-state index in [9.17, 15) is 8.78 Å². The number of fused-ring (bicyclic) bond motifs is 1. The highest BCUT2D eigenvalue weighted by atomic mass is 19.3. The average molecular weight is 201 g/mol. The van der Waals surface area contributed by atoms with Gasteiger partial charge in [0.15, 0.2) is 11.5 Å². The van der Waals surface area contributed by atoms with E-state index in [1.165, 1.54) is 6.07 Å². The van der Waals surface area contributed by atoms with Crippen LogP contribution in [0.2, 0.25) is 0 Å². The van der Waals surface area contributed by atoms with E-state index >= 15 is 0 Å². The molecule has 1 aliphatic heterocycles. The lowest BCUT2D eigenvalue weighted by molar-refractivity contribution is -0.0512. The summed E-state index contributed by atoms with van der Waals surface area (Å²) in [4.78, 5) is 0.